The van der Waals surface area contributed by atoms with Crippen LogP contribution in [-0.4, -0.2) is 34.3 Å². The first-order valence-corrected chi connectivity index (χ1v) is 5.81. The Bertz CT molecular complexity index is 201. The van der Waals surface area contributed by atoms with Gasteiger partial charge in [-0.15, -0.1) is 0 Å². The van der Waals surface area contributed by atoms with E-state index in [0.717, 1.165) is 19.3 Å². The molecule has 0 aliphatic carbocycles. The van der Waals surface area contributed by atoms with Gasteiger partial charge in [-0.25, -0.2) is 0 Å². The van der Waals surface area contributed by atoms with E-state index in [9.17, 15) is 4.79 Å². The van der Waals surface area contributed by atoms with Crippen LogP contribution >= 0.6 is 0 Å². The zero-order valence-electron chi connectivity index (χ0n) is 9.80. The Labute approximate surface area is 96.8 Å². The SMILES string of the molecule is CCCC(CCCB(O)O)CC(N)C(=O)O. The Morgan fingerprint density at radius 1 is 1.38 bits per heavy atom. The van der Waals surface area contributed by atoms with Crippen LogP contribution in [0, 0.1) is 5.92 Å². The summed E-state index contributed by atoms with van der Waals surface area (Å²) < 4.78 is 0. The molecule has 0 rings (SSSR count). The van der Waals surface area contributed by atoms with Crippen LogP contribution in [0.4, 0.5) is 0 Å². The van der Waals surface area contributed by atoms with Gasteiger partial charge in [0.2, 0.25) is 0 Å². The molecule has 0 aromatic rings. The van der Waals surface area contributed by atoms with Crippen LogP contribution in [0.15, 0.2) is 0 Å². The van der Waals surface area contributed by atoms with Crippen molar-refractivity contribution in [2.75, 3.05) is 0 Å². The standard InChI is InChI=1S/C10H22BNO4/c1-2-4-8(5-3-6-11(15)16)7-9(12)10(13)14/h8-9,15-16H,2-7,12H2,1H3,(H,13,14). The van der Waals surface area contributed by atoms with Gasteiger partial charge in [0.15, 0.2) is 0 Å². The molecule has 0 radical (unpaired) electrons. The maximum Gasteiger partial charge on any atom is 0.451 e. The highest BCUT2D eigenvalue weighted by atomic mass is 16.4. The Morgan fingerprint density at radius 2 is 2.00 bits per heavy atom. The molecule has 2 unspecified atom stereocenters. The summed E-state index contributed by atoms with van der Waals surface area (Å²) in [5.74, 6) is -0.710. The van der Waals surface area contributed by atoms with Crippen LogP contribution in [0.1, 0.15) is 39.0 Å². The lowest BCUT2D eigenvalue weighted by atomic mass is 9.80. The number of carboxylic acid groups (broad SMARTS) is 1. The third-order valence-corrected chi connectivity index (χ3v) is 2.68. The van der Waals surface area contributed by atoms with E-state index in [2.05, 4.69) is 0 Å². The number of rotatable bonds is 9. The number of nitrogens with two attached hydrogens (primary N) is 1. The van der Waals surface area contributed by atoms with E-state index in [0.29, 0.717) is 19.2 Å². The first kappa shape index (κ1) is 15.4. The van der Waals surface area contributed by atoms with Crippen LogP contribution in [0.25, 0.3) is 0 Å². The van der Waals surface area contributed by atoms with Crippen molar-refractivity contribution < 1.29 is 19.9 Å². The van der Waals surface area contributed by atoms with E-state index in [4.69, 9.17) is 20.9 Å². The van der Waals surface area contributed by atoms with Gasteiger partial charge < -0.3 is 20.9 Å². The molecule has 0 heterocycles. The molecule has 0 aromatic carbocycles. The molecule has 0 saturated carbocycles. The summed E-state index contributed by atoms with van der Waals surface area (Å²) in [5, 5.41) is 26.1. The lowest BCUT2D eigenvalue weighted by molar-refractivity contribution is -0.139. The van der Waals surface area contributed by atoms with Crippen LogP contribution in [0.2, 0.25) is 6.32 Å². The van der Waals surface area contributed by atoms with Crippen molar-refractivity contribution in [2.45, 2.75) is 51.4 Å². The molecule has 2 atom stereocenters. The molecule has 16 heavy (non-hydrogen) atoms. The van der Waals surface area contributed by atoms with Crippen molar-refractivity contribution in [1.29, 1.82) is 0 Å². The average Bonchev–Trinajstić information content (AvgIpc) is 2.17. The highest BCUT2D eigenvalue weighted by molar-refractivity contribution is 6.40. The van der Waals surface area contributed by atoms with Crippen LogP contribution in [0.3, 0.4) is 0 Å². The van der Waals surface area contributed by atoms with Crippen LogP contribution < -0.4 is 5.73 Å². The second-order valence-electron chi connectivity index (χ2n) is 4.25. The second-order valence-corrected chi connectivity index (χ2v) is 4.25. The molecular formula is C10H22BNO4. The van der Waals surface area contributed by atoms with E-state index in [1.54, 1.807) is 0 Å². The molecule has 5 nitrogen and oxygen atoms in total. The van der Waals surface area contributed by atoms with Gasteiger partial charge in [0.05, 0.1) is 0 Å². The third-order valence-electron chi connectivity index (χ3n) is 2.68. The maximum atomic E-state index is 10.6. The van der Waals surface area contributed by atoms with Crippen LogP contribution in [0.5, 0.6) is 0 Å². The normalized spacial score (nSPS) is 14.5. The van der Waals surface area contributed by atoms with E-state index in [1.807, 2.05) is 6.92 Å². The van der Waals surface area contributed by atoms with Gasteiger partial charge in [-0.3, -0.25) is 4.79 Å². The smallest absolute Gasteiger partial charge is 0.451 e. The fraction of sp³-hybridized carbons (Fsp3) is 0.900. The summed E-state index contributed by atoms with van der Waals surface area (Å²) in [7, 11) is -1.27. The van der Waals surface area contributed by atoms with E-state index < -0.39 is 19.1 Å². The minimum absolute atomic E-state index is 0.259. The first-order valence-electron chi connectivity index (χ1n) is 5.81. The number of hydrogen-bond donors (Lipinski definition) is 4. The molecule has 0 spiro atoms. The molecule has 0 aliphatic rings. The molecule has 0 amide bonds. The summed E-state index contributed by atoms with van der Waals surface area (Å²) in [6, 6.07) is -0.810. The zero-order valence-corrected chi connectivity index (χ0v) is 9.80. The third kappa shape index (κ3) is 7.67. The molecule has 94 valence electrons. The summed E-state index contributed by atoms with van der Waals surface area (Å²) >= 11 is 0. The first-order chi connectivity index (χ1) is 7.47. The van der Waals surface area contributed by atoms with Crippen LogP contribution in [-0.2, 0) is 4.79 Å². The van der Waals surface area contributed by atoms with Crippen molar-refractivity contribution in [1.82, 2.24) is 0 Å². The summed E-state index contributed by atoms with van der Waals surface area (Å²) in [6.45, 7) is 2.04. The number of hydrogen-bond acceptors (Lipinski definition) is 4. The lowest BCUT2D eigenvalue weighted by Crippen LogP contribution is -2.32. The van der Waals surface area contributed by atoms with Gasteiger partial charge in [0, 0.05) is 0 Å². The highest BCUT2D eigenvalue weighted by Gasteiger charge is 2.18. The summed E-state index contributed by atoms with van der Waals surface area (Å²) in [5.41, 5.74) is 5.48. The molecule has 6 heteroatoms. The Balaban J connectivity index is 3.91. The monoisotopic (exact) mass is 231 g/mol. The molecular weight excluding hydrogens is 209 g/mol. The Kier molecular flexibility index (Phi) is 8.24. The van der Waals surface area contributed by atoms with Gasteiger partial charge in [-0.05, 0) is 18.7 Å². The largest absolute Gasteiger partial charge is 0.480 e. The number of carboxylic acids is 1. The van der Waals surface area contributed by atoms with Gasteiger partial charge in [0.25, 0.3) is 0 Å². The fourth-order valence-corrected chi connectivity index (χ4v) is 1.84. The topological polar surface area (TPSA) is 104 Å². The number of aliphatic carboxylic acids is 1. The molecule has 0 fully saturated rings. The predicted octanol–water partition coefficient (Wildman–Crippen LogP) is 0.458. The minimum Gasteiger partial charge on any atom is -0.480 e. The van der Waals surface area contributed by atoms with E-state index in [1.165, 1.54) is 0 Å². The van der Waals surface area contributed by atoms with E-state index >= 15 is 0 Å². The van der Waals surface area contributed by atoms with Crippen molar-refractivity contribution in [3.63, 3.8) is 0 Å². The lowest BCUT2D eigenvalue weighted by Gasteiger charge is -2.18. The maximum absolute atomic E-state index is 10.6. The van der Waals surface area contributed by atoms with Crippen molar-refractivity contribution in [3.8, 4) is 0 Å². The average molecular weight is 231 g/mol. The van der Waals surface area contributed by atoms with Gasteiger partial charge >= 0.3 is 13.1 Å². The zero-order chi connectivity index (χ0) is 12.6. The fourth-order valence-electron chi connectivity index (χ4n) is 1.84. The number of carbonyl (C=O) groups is 1. The molecule has 0 aromatic heterocycles. The molecule has 0 saturated heterocycles. The van der Waals surface area contributed by atoms with Crippen molar-refractivity contribution >= 4 is 13.1 Å². The summed E-state index contributed by atoms with van der Waals surface area (Å²) in [6.07, 6.45) is 4.20. The van der Waals surface area contributed by atoms with Gasteiger partial charge in [-0.1, -0.05) is 32.6 Å². The molecule has 0 aliphatic heterocycles. The second kappa shape index (κ2) is 8.55. The minimum atomic E-state index is -1.27. The van der Waals surface area contributed by atoms with E-state index in [-0.39, 0.29) is 5.92 Å². The predicted molar refractivity (Wildman–Crippen MR) is 62.9 cm³/mol. The molecule has 0 bridgehead atoms. The van der Waals surface area contributed by atoms with Gasteiger partial charge in [-0.2, -0.15) is 0 Å². The molecule has 5 N–H and O–H groups in total. The Morgan fingerprint density at radius 3 is 2.44 bits per heavy atom. The quantitative estimate of drug-likeness (QED) is 0.431. The van der Waals surface area contributed by atoms with Crippen molar-refractivity contribution in [2.24, 2.45) is 11.7 Å². The summed E-state index contributed by atoms with van der Waals surface area (Å²) in [4.78, 5) is 10.6. The van der Waals surface area contributed by atoms with Crippen molar-refractivity contribution in [3.05, 3.63) is 0 Å². The Hall–Kier alpha value is -0.585. The van der Waals surface area contributed by atoms with Gasteiger partial charge in [0.1, 0.15) is 6.04 Å². The highest BCUT2D eigenvalue weighted by Crippen LogP contribution is 2.20.